The van der Waals surface area contributed by atoms with Crippen molar-refractivity contribution in [1.82, 2.24) is 0 Å². The fourth-order valence-electron chi connectivity index (χ4n) is 9.49. The first-order chi connectivity index (χ1) is 26.8. The molecule has 1 aliphatic carbocycles. The van der Waals surface area contributed by atoms with Gasteiger partial charge in [-0.25, -0.2) is 0 Å². The largest absolute Gasteiger partial charge is 0.457 e. The number of furan rings is 1. The molecular weight excluding hydrogens is 659 g/mol. The third kappa shape index (κ3) is 3.90. The quantitative estimate of drug-likeness (QED) is 0.185. The monoisotopic (exact) mass is 689 g/mol. The van der Waals surface area contributed by atoms with Crippen molar-refractivity contribution in [2.24, 2.45) is 0 Å². The Morgan fingerprint density at radius 1 is 0.389 bits per heavy atom. The highest BCUT2D eigenvalue weighted by Gasteiger charge is 2.52. The third-order valence-electron chi connectivity index (χ3n) is 11.7. The Hall–Kier alpha value is -7.10. The summed E-state index contributed by atoms with van der Waals surface area (Å²) in [6, 6.07) is 67.9. The van der Waals surface area contributed by atoms with Gasteiger partial charge in [0.25, 0.3) is 0 Å². The number of benzene rings is 9. The molecule has 0 radical (unpaired) electrons. The molecule has 1 aliphatic heterocycles. The van der Waals surface area contributed by atoms with Crippen molar-refractivity contribution < 1.29 is 9.15 Å². The minimum Gasteiger partial charge on any atom is -0.457 e. The normalized spacial score (nSPS) is 15.3. The van der Waals surface area contributed by atoms with Crippen LogP contribution in [0.1, 0.15) is 22.3 Å². The fraction of sp³-hybridized carbons (Fsp3) is 0.0196. The molecule has 1 unspecified atom stereocenters. The number of ether oxygens (including phenoxy) is 1. The van der Waals surface area contributed by atoms with E-state index in [9.17, 15) is 0 Å². The van der Waals surface area contributed by atoms with E-state index in [2.05, 4.69) is 181 Å². The fourth-order valence-corrected chi connectivity index (χ4v) is 9.49. The van der Waals surface area contributed by atoms with Gasteiger partial charge in [0.1, 0.15) is 22.7 Å². The Labute approximate surface area is 311 Å². The molecule has 2 heterocycles. The Kier molecular flexibility index (Phi) is 5.98. The lowest BCUT2D eigenvalue weighted by atomic mass is 9.65. The molecule has 2 aliphatic rings. The molecule has 0 saturated carbocycles. The lowest BCUT2D eigenvalue weighted by molar-refractivity contribution is 0.438. The van der Waals surface area contributed by atoms with Crippen LogP contribution in [0.5, 0.6) is 11.5 Å². The van der Waals surface area contributed by atoms with E-state index in [1.165, 1.54) is 49.4 Å². The van der Waals surface area contributed by atoms with Crippen LogP contribution in [0.15, 0.2) is 192 Å². The summed E-state index contributed by atoms with van der Waals surface area (Å²) in [6.45, 7) is 0. The summed E-state index contributed by atoms with van der Waals surface area (Å²) in [5.41, 5.74) is 11.7. The molecule has 0 N–H and O–H groups in total. The predicted octanol–water partition coefficient (Wildman–Crippen LogP) is 13.8. The number of anilines is 3. The maximum atomic E-state index is 6.82. The summed E-state index contributed by atoms with van der Waals surface area (Å²) in [7, 11) is 0. The molecule has 1 spiro atoms. The first-order valence-corrected chi connectivity index (χ1v) is 18.5. The minimum absolute atomic E-state index is 0.623. The molecule has 3 heteroatoms. The van der Waals surface area contributed by atoms with Crippen LogP contribution >= 0.6 is 0 Å². The van der Waals surface area contributed by atoms with Crippen molar-refractivity contribution in [3.05, 3.63) is 210 Å². The van der Waals surface area contributed by atoms with Crippen molar-refractivity contribution in [3.8, 4) is 22.6 Å². The maximum Gasteiger partial charge on any atom is 0.135 e. The van der Waals surface area contributed by atoms with E-state index in [1.54, 1.807) is 0 Å². The van der Waals surface area contributed by atoms with Crippen molar-refractivity contribution >= 4 is 60.5 Å². The molecule has 0 fully saturated rings. The molecule has 9 aromatic carbocycles. The molecule has 12 rings (SSSR count). The molecule has 54 heavy (non-hydrogen) atoms. The number of hydrogen-bond acceptors (Lipinski definition) is 3. The average molecular weight is 690 g/mol. The smallest absolute Gasteiger partial charge is 0.135 e. The highest BCUT2D eigenvalue weighted by Crippen LogP contribution is 2.64. The van der Waals surface area contributed by atoms with Gasteiger partial charge in [-0.15, -0.1) is 0 Å². The highest BCUT2D eigenvalue weighted by molar-refractivity contribution is 6.08. The second-order valence-electron chi connectivity index (χ2n) is 14.4. The molecular formula is C51H31NO2. The zero-order valence-corrected chi connectivity index (χ0v) is 29.2. The van der Waals surface area contributed by atoms with E-state index in [4.69, 9.17) is 9.15 Å². The Bertz CT molecular complexity index is 3170. The predicted molar refractivity (Wildman–Crippen MR) is 221 cm³/mol. The minimum atomic E-state index is -0.623. The van der Waals surface area contributed by atoms with E-state index in [0.29, 0.717) is 0 Å². The maximum absolute atomic E-state index is 6.82. The van der Waals surface area contributed by atoms with Crippen LogP contribution < -0.4 is 9.64 Å². The number of fused-ring (bicyclic) bond motifs is 15. The van der Waals surface area contributed by atoms with Crippen molar-refractivity contribution in [3.63, 3.8) is 0 Å². The number of hydrogen-bond donors (Lipinski definition) is 0. The van der Waals surface area contributed by atoms with Crippen LogP contribution in [0.2, 0.25) is 0 Å². The Morgan fingerprint density at radius 3 is 1.94 bits per heavy atom. The number of rotatable bonds is 3. The van der Waals surface area contributed by atoms with E-state index in [0.717, 1.165) is 56.1 Å². The molecule has 1 aromatic heterocycles. The van der Waals surface area contributed by atoms with Crippen LogP contribution in [-0.4, -0.2) is 0 Å². The Morgan fingerprint density at radius 2 is 1.04 bits per heavy atom. The van der Waals surface area contributed by atoms with Gasteiger partial charge in [-0.1, -0.05) is 133 Å². The first kappa shape index (κ1) is 29.5. The standard InChI is InChI=1S/C51H31NO2/c1-3-15-36-32(12-1)14-11-21-45(36)52(34-26-29-47-41(30-34)40-18-6-9-22-46(40)53-47)35-25-27-39-38-17-5-7-19-42(38)51(44(39)31-35)43-20-8-10-23-48(43)54-49-28-24-33-13-2-4-16-37(33)50(49)51/h1-31H. The van der Waals surface area contributed by atoms with E-state index >= 15 is 0 Å². The first-order valence-electron chi connectivity index (χ1n) is 18.5. The average Bonchev–Trinajstić information content (AvgIpc) is 3.74. The van der Waals surface area contributed by atoms with E-state index < -0.39 is 5.41 Å². The highest BCUT2D eigenvalue weighted by atomic mass is 16.5. The topological polar surface area (TPSA) is 25.6 Å². The van der Waals surface area contributed by atoms with Gasteiger partial charge < -0.3 is 14.1 Å². The summed E-state index contributed by atoms with van der Waals surface area (Å²) in [5.74, 6) is 1.78. The van der Waals surface area contributed by atoms with Crippen molar-refractivity contribution in [1.29, 1.82) is 0 Å². The summed E-state index contributed by atoms with van der Waals surface area (Å²) >= 11 is 0. The van der Waals surface area contributed by atoms with Crippen LogP contribution in [0, 0.1) is 0 Å². The molecule has 252 valence electrons. The second-order valence-corrected chi connectivity index (χ2v) is 14.4. The van der Waals surface area contributed by atoms with Gasteiger partial charge in [-0.05, 0) is 93.0 Å². The van der Waals surface area contributed by atoms with Gasteiger partial charge in [0.2, 0.25) is 0 Å². The van der Waals surface area contributed by atoms with Gasteiger partial charge in [0, 0.05) is 38.7 Å². The van der Waals surface area contributed by atoms with Gasteiger partial charge in [-0.3, -0.25) is 0 Å². The summed E-state index contributed by atoms with van der Waals surface area (Å²) in [5, 5.41) is 6.97. The summed E-state index contributed by atoms with van der Waals surface area (Å²) in [4.78, 5) is 2.43. The number of para-hydroxylation sites is 2. The molecule has 0 amide bonds. The molecule has 1 atom stereocenters. The summed E-state index contributed by atoms with van der Waals surface area (Å²) < 4.78 is 13.1. The van der Waals surface area contributed by atoms with Crippen molar-refractivity contribution in [2.75, 3.05) is 4.90 Å². The molecule has 10 aromatic rings. The van der Waals surface area contributed by atoms with Gasteiger partial charge in [0.15, 0.2) is 0 Å². The molecule has 0 saturated heterocycles. The summed E-state index contributed by atoms with van der Waals surface area (Å²) in [6.07, 6.45) is 0. The molecule has 0 bridgehead atoms. The third-order valence-corrected chi connectivity index (χ3v) is 11.7. The van der Waals surface area contributed by atoms with Gasteiger partial charge >= 0.3 is 0 Å². The lowest BCUT2D eigenvalue weighted by Gasteiger charge is -2.40. The lowest BCUT2D eigenvalue weighted by Crippen LogP contribution is -2.32. The number of nitrogens with zero attached hydrogens (tertiary/aromatic N) is 1. The van der Waals surface area contributed by atoms with Crippen LogP contribution in [0.4, 0.5) is 17.1 Å². The molecule has 3 nitrogen and oxygen atoms in total. The van der Waals surface area contributed by atoms with Crippen LogP contribution in [0.3, 0.4) is 0 Å². The van der Waals surface area contributed by atoms with Crippen LogP contribution in [-0.2, 0) is 5.41 Å². The zero-order chi connectivity index (χ0) is 35.4. The zero-order valence-electron chi connectivity index (χ0n) is 29.2. The van der Waals surface area contributed by atoms with Crippen molar-refractivity contribution in [2.45, 2.75) is 5.41 Å². The SMILES string of the molecule is c1ccc2c(c1)Oc1ccc3ccccc3c1C21c2ccccc2-c2ccc(N(c3ccc4oc5ccccc5c4c3)c3cccc4ccccc34)cc21. The second kappa shape index (κ2) is 11.0. The Balaban J connectivity index is 1.20. The van der Waals surface area contributed by atoms with Gasteiger partial charge in [-0.2, -0.15) is 0 Å². The van der Waals surface area contributed by atoms with Gasteiger partial charge in [0.05, 0.1) is 11.1 Å². The van der Waals surface area contributed by atoms with E-state index in [-0.39, 0.29) is 0 Å². The van der Waals surface area contributed by atoms with E-state index in [1.807, 2.05) is 12.1 Å². The van der Waals surface area contributed by atoms with Crippen LogP contribution in [0.25, 0.3) is 54.6 Å².